The van der Waals surface area contributed by atoms with Crippen LogP contribution in [0.3, 0.4) is 0 Å². The van der Waals surface area contributed by atoms with E-state index < -0.39 is 34.2 Å². The van der Waals surface area contributed by atoms with Crippen molar-refractivity contribution in [2.75, 3.05) is 19.7 Å². The normalized spacial score (nSPS) is 28.3. The van der Waals surface area contributed by atoms with Crippen molar-refractivity contribution in [3.63, 3.8) is 0 Å². The molecule has 3 aliphatic heterocycles. The van der Waals surface area contributed by atoms with Crippen LogP contribution in [-0.2, 0) is 20.9 Å². The van der Waals surface area contributed by atoms with Crippen molar-refractivity contribution in [2.45, 2.75) is 102 Å². The second kappa shape index (κ2) is 13.3. The van der Waals surface area contributed by atoms with E-state index in [4.69, 9.17) is 0 Å². The summed E-state index contributed by atoms with van der Waals surface area (Å²) in [4.78, 5) is 50.0. The molecule has 1 aromatic rings. The van der Waals surface area contributed by atoms with Gasteiger partial charge in [0.05, 0.1) is 29.2 Å². The standard InChI is InChI=1S/C37H55N3O4S/c1-11-18-38(21-26-16-14-13-15-17-26)32(42)29-28-20-25(5)37(45-28)30(29)33(43)40(27(22-41)24(3)4)31(37)34(44)39(19-12-2)36(9,10)23-35(6,7)8/h11-17,24-25,27-31,41H,1-2,18-23H2,3-10H3/t25?,27-,28+,29-,30-,31?,37?/m0/s1. The molecular formula is C37H55N3O4S. The van der Waals surface area contributed by atoms with Gasteiger partial charge in [0.25, 0.3) is 0 Å². The summed E-state index contributed by atoms with van der Waals surface area (Å²) < 4.78 is -0.773. The zero-order valence-electron chi connectivity index (χ0n) is 28.7. The number of likely N-dealkylation sites (tertiary alicyclic amines) is 1. The number of hydrogen-bond donors (Lipinski definition) is 1. The quantitative estimate of drug-likeness (QED) is 0.277. The van der Waals surface area contributed by atoms with Gasteiger partial charge in [0.1, 0.15) is 6.04 Å². The topological polar surface area (TPSA) is 81.2 Å². The molecule has 1 aromatic carbocycles. The summed E-state index contributed by atoms with van der Waals surface area (Å²) >= 11 is 1.69. The highest BCUT2D eigenvalue weighted by atomic mass is 32.2. The van der Waals surface area contributed by atoms with Crippen LogP contribution in [0.4, 0.5) is 0 Å². The van der Waals surface area contributed by atoms with Crippen LogP contribution in [0.15, 0.2) is 55.6 Å². The van der Waals surface area contributed by atoms with Crippen LogP contribution < -0.4 is 0 Å². The van der Waals surface area contributed by atoms with Crippen LogP contribution in [0.25, 0.3) is 0 Å². The third kappa shape index (κ3) is 6.38. The number of thioether (sulfide) groups is 1. The molecule has 3 unspecified atom stereocenters. The van der Waals surface area contributed by atoms with Gasteiger partial charge < -0.3 is 19.8 Å². The number of amides is 3. The van der Waals surface area contributed by atoms with Gasteiger partial charge in [0.2, 0.25) is 17.7 Å². The first-order chi connectivity index (χ1) is 21.0. The summed E-state index contributed by atoms with van der Waals surface area (Å²) in [5.41, 5.74) is 0.454. The maximum absolute atomic E-state index is 15.2. The lowest BCUT2D eigenvalue weighted by Crippen LogP contribution is -2.63. The average Bonchev–Trinajstić information content (AvgIpc) is 3.54. The molecule has 3 saturated heterocycles. The van der Waals surface area contributed by atoms with Crippen molar-refractivity contribution in [1.29, 1.82) is 0 Å². The Morgan fingerprint density at radius 2 is 1.71 bits per heavy atom. The lowest BCUT2D eigenvalue weighted by Gasteiger charge is -2.48. The van der Waals surface area contributed by atoms with Gasteiger partial charge in [0, 0.05) is 30.4 Å². The Hall–Kier alpha value is -2.58. The maximum Gasteiger partial charge on any atom is 0.247 e. The fourth-order valence-electron chi connectivity index (χ4n) is 8.71. The molecule has 7 atom stereocenters. The highest BCUT2D eigenvalue weighted by molar-refractivity contribution is 8.02. The van der Waals surface area contributed by atoms with Gasteiger partial charge >= 0.3 is 0 Å². The molecule has 2 bridgehead atoms. The number of rotatable bonds is 13. The van der Waals surface area contributed by atoms with Gasteiger partial charge in [-0.3, -0.25) is 14.4 Å². The minimum absolute atomic E-state index is 0.0363. The first kappa shape index (κ1) is 35.3. The molecule has 7 nitrogen and oxygen atoms in total. The van der Waals surface area contributed by atoms with Crippen LogP contribution in [0.2, 0.25) is 0 Å². The molecule has 3 heterocycles. The van der Waals surface area contributed by atoms with E-state index in [-0.39, 0.29) is 46.8 Å². The average molecular weight is 638 g/mol. The van der Waals surface area contributed by atoms with E-state index in [1.54, 1.807) is 28.8 Å². The van der Waals surface area contributed by atoms with Gasteiger partial charge in [0.15, 0.2) is 0 Å². The molecule has 0 radical (unpaired) electrons. The molecule has 8 heteroatoms. The van der Waals surface area contributed by atoms with Gasteiger partial charge in [-0.25, -0.2) is 0 Å². The van der Waals surface area contributed by atoms with E-state index >= 15 is 4.79 Å². The SMILES string of the molecule is C=CCN(Cc1ccccc1)C(=O)[C@@H]1[C@H]2C(=O)N([C@@H](CO)C(C)C)C(C(=O)N(CC=C)C(C)(C)CC(C)(C)C)C23S[C@@H]1CC3C. The minimum atomic E-state index is -0.793. The Bertz CT molecular complexity index is 1270. The van der Waals surface area contributed by atoms with E-state index in [9.17, 15) is 14.7 Å². The molecule has 0 aliphatic carbocycles. The van der Waals surface area contributed by atoms with E-state index in [0.29, 0.717) is 19.6 Å². The lowest BCUT2D eigenvalue weighted by molar-refractivity contribution is -0.150. The number of fused-ring (bicyclic) bond motifs is 1. The predicted octanol–water partition coefficient (Wildman–Crippen LogP) is 5.78. The van der Waals surface area contributed by atoms with Crippen molar-refractivity contribution in [3.05, 3.63) is 61.2 Å². The summed E-state index contributed by atoms with van der Waals surface area (Å²) in [5, 5.41) is 10.6. The zero-order chi connectivity index (χ0) is 33.5. The Kier molecular flexibility index (Phi) is 10.4. The summed E-state index contributed by atoms with van der Waals surface area (Å²) in [7, 11) is 0. The number of benzene rings is 1. The van der Waals surface area contributed by atoms with Crippen molar-refractivity contribution in [2.24, 2.45) is 29.1 Å². The van der Waals surface area contributed by atoms with Crippen LogP contribution in [-0.4, -0.2) is 84.8 Å². The Morgan fingerprint density at radius 1 is 1.09 bits per heavy atom. The Balaban J connectivity index is 1.83. The third-order valence-electron chi connectivity index (χ3n) is 10.2. The van der Waals surface area contributed by atoms with E-state index in [1.807, 2.05) is 54.0 Å². The minimum Gasteiger partial charge on any atom is -0.394 e. The fourth-order valence-corrected chi connectivity index (χ4v) is 11.1. The van der Waals surface area contributed by atoms with E-state index in [2.05, 4.69) is 54.7 Å². The third-order valence-corrected chi connectivity index (χ3v) is 12.2. The van der Waals surface area contributed by atoms with Gasteiger partial charge in [-0.1, -0.05) is 84.0 Å². The molecule has 1 spiro atoms. The van der Waals surface area contributed by atoms with Crippen molar-refractivity contribution < 1.29 is 19.5 Å². The maximum atomic E-state index is 15.2. The second-order valence-corrected chi connectivity index (χ2v) is 17.1. The van der Waals surface area contributed by atoms with E-state index in [0.717, 1.165) is 18.4 Å². The lowest BCUT2D eigenvalue weighted by atomic mass is 9.65. The molecule has 1 N–H and O–H groups in total. The highest BCUT2D eigenvalue weighted by Gasteiger charge is 2.77. The molecule has 45 heavy (non-hydrogen) atoms. The Labute approximate surface area is 275 Å². The summed E-state index contributed by atoms with van der Waals surface area (Å²) in [5.74, 6) is -1.59. The molecule has 248 valence electrons. The number of nitrogens with zero attached hydrogens (tertiary/aromatic N) is 3. The second-order valence-electron chi connectivity index (χ2n) is 15.6. The fraction of sp³-hybridized carbons (Fsp3) is 0.649. The Morgan fingerprint density at radius 3 is 2.24 bits per heavy atom. The van der Waals surface area contributed by atoms with Gasteiger partial charge in [-0.2, -0.15) is 0 Å². The molecule has 3 aliphatic rings. The molecular weight excluding hydrogens is 582 g/mol. The first-order valence-electron chi connectivity index (χ1n) is 16.5. The first-order valence-corrected chi connectivity index (χ1v) is 17.4. The van der Waals surface area contributed by atoms with Crippen LogP contribution in [0.5, 0.6) is 0 Å². The number of carbonyl (C=O) groups excluding carboxylic acids is 3. The number of aliphatic hydroxyl groups is 1. The number of aliphatic hydroxyl groups excluding tert-OH is 1. The van der Waals surface area contributed by atoms with Crippen LogP contribution in [0, 0.1) is 29.1 Å². The molecule has 3 fully saturated rings. The summed E-state index contributed by atoms with van der Waals surface area (Å²) in [6, 6.07) is 8.54. The largest absolute Gasteiger partial charge is 0.394 e. The smallest absolute Gasteiger partial charge is 0.247 e. The van der Waals surface area contributed by atoms with E-state index in [1.165, 1.54) is 0 Å². The van der Waals surface area contributed by atoms with Gasteiger partial charge in [-0.15, -0.1) is 24.9 Å². The molecule has 3 amide bonds. The van der Waals surface area contributed by atoms with Crippen LogP contribution >= 0.6 is 11.8 Å². The van der Waals surface area contributed by atoms with Crippen LogP contribution in [0.1, 0.15) is 73.8 Å². The van der Waals surface area contributed by atoms with Crippen molar-refractivity contribution in [3.8, 4) is 0 Å². The summed E-state index contributed by atoms with van der Waals surface area (Å²) in [6.45, 7) is 25.6. The highest BCUT2D eigenvalue weighted by Crippen LogP contribution is 2.69. The molecule has 0 saturated carbocycles. The molecule has 4 rings (SSSR count). The number of carbonyl (C=O) groups is 3. The van der Waals surface area contributed by atoms with Crippen molar-refractivity contribution >= 4 is 29.5 Å². The van der Waals surface area contributed by atoms with Gasteiger partial charge in [-0.05, 0) is 49.5 Å². The van der Waals surface area contributed by atoms with Crippen molar-refractivity contribution in [1.82, 2.24) is 14.7 Å². The zero-order valence-corrected chi connectivity index (χ0v) is 29.5. The monoisotopic (exact) mass is 637 g/mol. The predicted molar refractivity (Wildman–Crippen MR) is 183 cm³/mol. The number of hydrogen-bond acceptors (Lipinski definition) is 5. The molecule has 0 aromatic heterocycles. The summed E-state index contributed by atoms with van der Waals surface area (Å²) in [6.07, 6.45) is 5.01.